The summed E-state index contributed by atoms with van der Waals surface area (Å²) in [6.45, 7) is 2.19. The second-order valence-electron chi connectivity index (χ2n) is 9.23. The molecule has 0 saturated heterocycles. The van der Waals surface area contributed by atoms with Crippen LogP contribution >= 0.6 is 0 Å². The number of nitrogens with one attached hydrogen (secondary N) is 1. The van der Waals surface area contributed by atoms with E-state index >= 15 is 0 Å². The Morgan fingerprint density at radius 3 is 2.52 bits per heavy atom. The zero-order valence-electron chi connectivity index (χ0n) is 18.8. The number of nitrogens with zero attached hydrogens (tertiary/aromatic N) is 1. The van der Waals surface area contributed by atoms with Gasteiger partial charge in [0.2, 0.25) is 5.91 Å². The number of hydrogen-bond donors (Lipinski definition) is 1. The summed E-state index contributed by atoms with van der Waals surface area (Å²) >= 11 is 0. The van der Waals surface area contributed by atoms with E-state index < -0.39 is 11.7 Å². The molecule has 0 radical (unpaired) electrons. The Hall–Kier alpha value is -2.60. The van der Waals surface area contributed by atoms with Crippen LogP contribution in [0.1, 0.15) is 54.4 Å². The molecule has 0 spiro atoms. The lowest BCUT2D eigenvalue weighted by Crippen LogP contribution is -2.37. The lowest BCUT2D eigenvalue weighted by molar-refractivity contribution is -0.138. The molecule has 1 amide bonds. The maximum absolute atomic E-state index is 13.3. The number of carbonyl (C=O) groups excluding carboxylic acids is 1. The van der Waals surface area contributed by atoms with Gasteiger partial charge in [-0.05, 0) is 79.8 Å². The number of benzene rings is 2. The molecule has 2 aromatic carbocycles. The highest BCUT2D eigenvalue weighted by Gasteiger charge is 2.35. The van der Waals surface area contributed by atoms with E-state index in [0.29, 0.717) is 31.0 Å². The standard InChI is InChI=1S/C27H31F3N2O/c28-27(29,30)25-8-4-7-22-19-32(18-16-24(22)25)17-15-21-9-12-23(13-10-21)31-26(33)14-11-20-5-2-1-3-6-20/h1-8,11,14,21,23H,9-10,12-13,15-19H2,(H,31,33)/b14-11+. The molecule has 1 fully saturated rings. The highest BCUT2D eigenvalue weighted by molar-refractivity contribution is 5.91. The van der Waals surface area contributed by atoms with E-state index in [2.05, 4.69) is 10.2 Å². The van der Waals surface area contributed by atoms with Crippen LogP contribution < -0.4 is 5.32 Å². The largest absolute Gasteiger partial charge is 0.416 e. The summed E-state index contributed by atoms with van der Waals surface area (Å²) < 4.78 is 39.8. The molecule has 1 heterocycles. The maximum Gasteiger partial charge on any atom is 0.416 e. The third-order valence-electron chi connectivity index (χ3n) is 6.92. The first kappa shape index (κ1) is 23.6. The molecule has 176 valence electrons. The van der Waals surface area contributed by atoms with E-state index in [1.165, 1.54) is 12.1 Å². The summed E-state index contributed by atoms with van der Waals surface area (Å²) in [6.07, 6.45) is 4.78. The molecular formula is C27H31F3N2O. The monoisotopic (exact) mass is 456 g/mol. The predicted molar refractivity (Wildman–Crippen MR) is 124 cm³/mol. The van der Waals surface area contributed by atoms with Crippen LogP contribution in [0.4, 0.5) is 13.2 Å². The van der Waals surface area contributed by atoms with Crippen LogP contribution in [0, 0.1) is 5.92 Å². The van der Waals surface area contributed by atoms with Crippen LogP contribution in [0.5, 0.6) is 0 Å². The minimum Gasteiger partial charge on any atom is -0.350 e. The molecule has 2 aliphatic rings. The number of amides is 1. The van der Waals surface area contributed by atoms with Gasteiger partial charge in [-0.2, -0.15) is 13.2 Å². The zero-order valence-corrected chi connectivity index (χ0v) is 18.8. The zero-order chi connectivity index (χ0) is 23.3. The van der Waals surface area contributed by atoms with Gasteiger partial charge in [0, 0.05) is 25.2 Å². The first-order valence-electron chi connectivity index (χ1n) is 11.8. The predicted octanol–water partition coefficient (Wildman–Crippen LogP) is 5.84. The molecule has 0 atom stereocenters. The van der Waals surface area contributed by atoms with Crippen molar-refractivity contribution in [3.8, 4) is 0 Å². The fraction of sp³-hybridized carbons (Fsp3) is 0.444. The van der Waals surface area contributed by atoms with Gasteiger partial charge in [0.15, 0.2) is 0 Å². The maximum atomic E-state index is 13.3. The molecule has 1 aliphatic heterocycles. The SMILES string of the molecule is O=C(/C=C/c1ccccc1)NC1CCC(CCN2CCc3c(cccc3C(F)(F)F)C2)CC1. The second kappa shape index (κ2) is 10.6. The number of rotatable bonds is 6. The first-order chi connectivity index (χ1) is 15.9. The van der Waals surface area contributed by atoms with Gasteiger partial charge in [0.1, 0.15) is 0 Å². The minimum absolute atomic E-state index is 0.0486. The van der Waals surface area contributed by atoms with Crippen LogP contribution in [0.15, 0.2) is 54.6 Å². The van der Waals surface area contributed by atoms with E-state index in [-0.39, 0.29) is 11.9 Å². The smallest absolute Gasteiger partial charge is 0.350 e. The minimum atomic E-state index is -4.28. The molecule has 0 bridgehead atoms. The summed E-state index contributed by atoms with van der Waals surface area (Å²) in [5, 5.41) is 3.12. The Morgan fingerprint density at radius 2 is 1.79 bits per heavy atom. The van der Waals surface area contributed by atoms with Crippen molar-refractivity contribution in [3.05, 3.63) is 76.9 Å². The van der Waals surface area contributed by atoms with Gasteiger partial charge in [-0.15, -0.1) is 0 Å². The Morgan fingerprint density at radius 1 is 1.03 bits per heavy atom. The lowest BCUT2D eigenvalue weighted by atomic mass is 9.83. The highest BCUT2D eigenvalue weighted by Crippen LogP contribution is 2.36. The molecule has 33 heavy (non-hydrogen) atoms. The normalized spacial score (nSPS) is 21.7. The first-order valence-corrected chi connectivity index (χ1v) is 11.8. The summed E-state index contributed by atoms with van der Waals surface area (Å²) in [5.74, 6) is 0.563. The van der Waals surface area contributed by atoms with Crippen LogP contribution in [0.25, 0.3) is 6.08 Å². The Bertz CT molecular complexity index is 963. The second-order valence-corrected chi connectivity index (χ2v) is 9.23. The molecule has 3 nitrogen and oxygen atoms in total. The summed E-state index contributed by atoms with van der Waals surface area (Å²) in [5.41, 5.74) is 1.81. The fourth-order valence-corrected chi connectivity index (χ4v) is 5.07. The van der Waals surface area contributed by atoms with E-state index in [1.54, 1.807) is 6.08 Å². The molecule has 6 heteroatoms. The van der Waals surface area contributed by atoms with Gasteiger partial charge >= 0.3 is 6.18 Å². The number of alkyl halides is 3. The third kappa shape index (κ3) is 6.47. The van der Waals surface area contributed by atoms with Crippen molar-refractivity contribution in [1.29, 1.82) is 0 Å². The van der Waals surface area contributed by atoms with Crippen LogP contribution in [0.2, 0.25) is 0 Å². The van der Waals surface area contributed by atoms with Crippen molar-refractivity contribution in [1.82, 2.24) is 10.2 Å². The van der Waals surface area contributed by atoms with Crippen molar-refractivity contribution in [3.63, 3.8) is 0 Å². The molecule has 1 N–H and O–H groups in total. The molecular weight excluding hydrogens is 425 g/mol. The van der Waals surface area contributed by atoms with Crippen molar-refractivity contribution in [2.75, 3.05) is 13.1 Å². The van der Waals surface area contributed by atoms with Crippen molar-refractivity contribution in [2.24, 2.45) is 5.92 Å². The lowest BCUT2D eigenvalue weighted by Gasteiger charge is -2.33. The van der Waals surface area contributed by atoms with E-state index in [4.69, 9.17) is 0 Å². The molecule has 2 aromatic rings. The van der Waals surface area contributed by atoms with Gasteiger partial charge in [-0.25, -0.2) is 0 Å². The summed E-state index contributed by atoms with van der Waals surface area (Å²) in [4.78, 5) is 14.5. The average molecular weight is 457 g/mol. The van der Waals surface area contributed by atoms with E-state index in [1.807, 2.05) is 42.5 Å². The summed E-state index contributed by atoms with van der Waals surface area (Å²) in [6, 6.07) is 14.5. The third-order valence-corrected chi connectivity index (χ3v) is 6.92. The molecule has 1 aliphatic carbocycles. The molecule has 4 rings (SSSR count). The van der Waals surface area contributed by atoms with Gasteiger partial charge in [0.05, 0.1) is 5.56 Å². The quantitative estimate of drug-likeness (QED) is 0.554. The van der Waals surface area contributed by atoms with Crippen molar-refractivity contribution >= 4 is 12.0 Å². The van der Waals surface area contributed by atoms with Gasteiger partial charge < -0.3 is 5.32 Å². The van der Waals surface area contributed by atoms with Crippen molar-refractivity contribution in [2.45, 2.75) is 57.3 Å². The number of halogens is 3. The average Bonchev–Trinajstić information content (AvgIpc) is 2.82. The Kier molecular flexibility index (Phi) is 7.53. The molecule has 0 unspecified atom stereocenters. The van der Waals surface area contributed by atoms with Crippen LogP contribution in [0.3, 0.4) is 0 Å². The van der Waals surface area contributed by atoms with Crippen LogP contribution in [-0.4, -0.2) is 29.9 Å². The van der Waals surface area contributed by atoms with Gasteiger partial charge in [-0.1, -0.05) is 42.5 Å². The Labute approximate surface area is 193 Å². The van der Waals surface area contributed by atoms with Crippen molar-refractivity contribution < 1.29 is 18.0 Å². The number of fused-ring (bicyclic) bond motifs is 1. The number of hydrogen-bond acceptors (Lipinski definition) is 2. The fourth-order valence-electron chi connectivity index (χ4n) is 5.07. The Balaban J connectivity index is 1.19. The van der Waals surface area contributed by atoms with Crippen LogP contribution in [-0.2, 0) is 23.9 Å². The molecule has 0 aromatic heterocycles. The van der Waals surface area contributed by atoms with Gasteiger partial charge in [0.25, 0.3) is 0 Å². The number of carbonyl (C=O) groups is 1. The molecule has 1 saturated carbocycles. The van der Waals surface area contributed by atoms with E-state index in [9.17, 15) is 18.0 Å². The highest BCUT2D eigenvalue weighted by atomic mass is 19.4. The van der Waals surface area contributed by atoms with E-state index in [0.717, 1.165) is 49.8 Å². The van der Waals surface area contributed by atoms with Gasteiger partial charge in [-0.3, -0.25) is 9.69 Å². The topological polar surface area (TPSA) is 32.3 Å². The summed E-state index contributed by atoms with van der Waals surface area (Å²) in [7, 11) is 0.